The highest BCUT2D eigenvalue weighted by Gasteiger charge is 2.27. The van der Waals surface area contributed by atoms with Crippen molar-refractivity contribution < 1.29 is 19.2 Å². The number of aliphatic hydroxyl groups is 1. The Balaban J connectivity index is 3.04. The van der Waals surface area contributed by atoms with Gasteiger partial charge >= 0.3 is 5.69 Å². The Bertz CT molecular complexity index is 477. The number of halogens is 2. The molecule has 7 heteroatoms. The van der Waals surface area contributed by atoms with Crippen LogP contribution in [0.2, 0.25) is 0 Å². The van der Waals surface area contributed by atoms with Crippen LogP contribution in [-0.4, -0.2) is 22.2 Å². The minimum atomic E-state index is -1.05. The van der Waals surface area contributed by atoms with Crippen molar-refractivity contribution in [1.82, 2.24) is 0 Å². The van der Waals surface area contributed by atoms with Gasteiger partial charge in [0.05, 0.1) is 21.1 Å². The predicted octanol–water partition coefficient (Wildman–Crippen LogP) is 3.43. The van der Waals surface area contributed by atoms with E-state index in [0.29, 0.717) is 12.8 Å². The molecule has 0 amide bonds. The Morgan fingerprint density at radius 1 is 1.47 bits per heavy atom. The van der Waals surface area contributed by atoms with Gasteiger partial charge in [-0.05, 0) is 34.8 Å². The Morgan fingerprint density at radius 2 is 2.05 bits per heavy atom. The minimum absolute atomic E-state index is 0.0771. The Hall–Kier alpha value is -1.21. The highest BCUT2D eigenvalue weighted by molar-refractivity contribution is 9.10. The minimum Gasteiger partial charge on any atom is -0.483 e. The van der Waals surface area contributed by atoms with Gasteiger partial charge in [-0.3, -0.25) is 10.1 Å². The molecule has 0 atom stereocenters. The fourth-order valence-corrected chi connectivity index (χ4v) is 2.02. The summed E-state index contributed by atoms with van der Waals surface area (Å²) >= 11 is 3.03. The second kappa shape index (κ2) is 6.29. The van der Waals surface area contributed by atoms with E-state index in [4.69, 9.17) is 4.74 Å². The summed E-state index contributed by atoms with van der Waals surface area (Å²) in [5, 5.41) is 20.9. The smallest absolute Gasteiger partial charge is 0.315 e. The number of ether oxygens (including phenoxy) is 1. The van der Waals surface area contributed by atoms with Crippen molar-refractivity contribution in [1.29, 1.82) is 0 Å². The zero-order chi connectivity index (χ0) is 14.6. The number of rotatable bonds is 6. The molecule has 0 radical (unpaired) electrons. The van der Waals surface area contributed by atoms with Crippen molar-refractivity contribution in [3.8, 4) is 5.75 Å². The van der Waals surface area contributed by atoms with Gasteiger partial charge in [0, 0.05) is 0 Å². The molecular formula is C12H15BrFNO4. The quantitative estimate of drug-likeness (QED) is 0.638. The molecule has 0 saturated heterocycles. The largest absolute Gasteiger partial charge is 0.483 e. The van der Waals surface area contributed by atoms with E-state index in [2.05, 4.69) is 15.9 Å². The molecule has 1 N–H and O–H groups in total. The van der Waals surface area contributed by atoms with Crippen LogP contribution in [0.3, 0.4) is 0 Å². The van der Waals surface area contributed by atoms with Gasteiger partial charge < -0.3 is 9.84 Å². The third-order valence-electron chi connectivity index (χ3n) is 2.99. The maximum Gasteiger partial charge on any atom is 0.315 e. The highest BCUT2D eigenvalue weighted by atomic mass is 79.9. The second-order valence-corrected chi connectivity index (χ2v) is 5.07. The summed E-state index contributed by atoms with van der Waals surface area (Å²) in [7, 11) is 0. The van der Waals surface area contributed by atoms with Crippen LogP contribution in [0.4, 0.5) is 10.1 Å². The first kappa shape index (κ1) is 15.8. The topological polar surface area (TPSA) is 72.6 Å². The molecule has 0 fully saturated rings. The maximum atomic E-state index is 13.1. The van der Waals surface area contributed by atoms with Crippen LogP contribution in [0.25, 0.3) is 0 Å². The average molecular weight is 336 g/mol. The third kappa shape index (κ3) is 3.87. The van der Waals surface area contributed by atoms with E-state index in [1.807, 2.05) is 0 Å². The van der Waals surface area contributed by atoms with E-state index in [1.54, 1.807) is 13.8 Å². The number of benzene rings is 1. The second-order valence-electron chi connectivity index (χ2n) is 4.21. The van der Waals surface area contributed by atoms with Crippen LogP contribution >= 0.6 is 15.9 Å². The Morgan fingerprint density at radius 3 is 2.53 bits per heavy atom. The number of nitrogens with zero attached hydrogens (tertiary/aromatic N) is 1. The van der Waals surface area contributed by atoms with Crippen molar-refractivity contribution in [3.05, 3.63) is 32.5 Å². The van der Waals surface area contributed by atoms with Gasteiger partial charge in [0.1, 0.15) is 12.4 Å². The first-order valence-corrected chi connectivity index (χ1v) is 6.61. The van der Waals surface area contributed by atoms with E-state index in [1.165, 1.54) is 0 Å². The molecule has 0 unspecified atom stereocenters. The van der Waals surface area contributed by atoms with Gasteiger partial charge in [0.2, 0.25) is 5.75 Å². The van der Waals surface area contributed by atoms with E-state index in [0.717, 1.165) is 12.1 Å². The number of nitro benzene ring substituents is 1. The number of nitro groups is 1. The van der Waals surface area contributed by atoms with Crippen molar-refractivity contribution in [3.63, 3.8) is 0 Å². The van der Waals surface area contributed by atoms with E-state index in [9.17, 15) is 19.6 Å². The van der Waals surface area contributed by atoms with Crippen molar-refractivity contribution in [2.45, 2.75) is 32.3 Å². The molecule has 19 heavy (non-hydrogen) atoms. The van der Waals surface area contributed by atoms with Gasteiger partial charge in [-0.15, -0.1) is 0 Å². The lowest BCUT2D eigenvalue weighted by atomic mass is 9.99. The molecule has 0 aliphatic heterocycles. The molecule has 0 spiro atoms. The van der Waals surface area contributed by atoms with E-state index in [-0.39, 0.29) is 16.8 Å². The summed E-state index contributed by atoms with van der Waals surface area (Å²) in [5.41, 5.74) is -1.52. The molecule has 1 rings (SSSR count). The molecule has 0 aromatic heterocycles. The Labute approximate surface area is 118 Å². The molecule has 1 aromatic carbocycles. The summed E-state index contributed by atoms with van der Waals surface area (Å²) in [6.07, 6.45) is 0.909. The Kier molecular flexibility index (Phi) is 5.25. The fourth-order valence-electron chi connectivity index (χ4n) is 1.49. The van der Waals surface area contributed by atoms with Gasteiger partial charge in [-0.25, -0.2) is 4.39 Å². The lowest BCUT2D eigenvalue weighted by Gasteiger charge is -2.25. The van der Waals surface area contributed by atoms with Crippen molar-refractivity contribution in [2.24, 2.45) is 0 Å². The molecule has 0 saturated carbocycles. The molecule has 1 aromatic rings. The SMILES string of the molecule is CCC(O)(CC)COc1c(Br)cc(F)cc1[N+](=O)[O-]. The van der Waals surface area contributed by atoms with E-state index < -0.39 is 22.0 Å². The first-order valence-electron chi connectivity index (χ1n) is 5.81. The number of hydrogen-bond acceptors (Lipinski definition) is 4. The van der Waals surface area contributed by atoms with Crippen molar-refractivity contribution in [2.75, 3.05) is 6.61 Å². The van der Waals surface area contributed by atoms with Crippen LogP contribution in [0, 0.1) is 15.9 Å². The summed E-state index contributed by atoms with van der Waals surface area (Å²) in [4.78, 5) is 10.1. The summed E-state index contributed by atoms with van der Waals surface area (Å²) in [6.45, 7) is 3.49. The zero-order valence-corrected chi connectivity index (χ0v) is 12.2. The van der Waals surface area contributed by atoms with Crippen LogP contribution < -0.4 is 4.74 Å². The molecule has 0 aliphatic carbocycles. The molecular weight excluding hydrogens is 321 g/mol. The normalized spacial score (nSPS) is 11.4. The van der Waals surface area contributed by atoms with Crippen LogP contribution in [-0.2, 0) is 0 Å². The van der Waals surface area contributed by atoms with Crippen LogP contribution in [0.15, 0.2) is 16.6 Å². The molecule has 0 aliphatic rings. The average Bonchev–Trinajstić information content (AvgIpc) is 2.36. The lowest BCUT2D eigenvalue weighted by Crippen LogP contribution is -2.34. The highest BCUT2D eigenvalue weighted by Crippen LogP contribution is 2.36. The standard InChI is InChI=1S/C12H15BrFNO4/c1-3-12(16,4-2)7-19-11-9(13)5-8(14)6-10(11)15(17)18/h5-6,16H,3-4,7H2,1-2H3. The molecule has 0 bridgehead atoms. The van der Waals surface area contributed by atoms with Gasteiger partial charge in [0.25, 0.3) is 0 Å². The molecule has 106 valence electrons. The summed E-state index contributed by atoms with van der Waals surface area (Å²) in [6, 6.07) is 1.87. The number of hydrogen-bond donors (Lipinski definition) is 1. The predicted molar refractivity (Wildman–Crippen MR) is 71.8 cm³/mol. The monoisotopic (exact) mass is 335 g/mol. The van der Waals surface area contributed by atoms with E-state index >= 15 is 0 Å². The van der Waals surface area contributed by atoms with Gasteiger partial charge in [-0.2, -0.15) is 0 Å². The maximum absolute atomic E-state index is 13.1. The lowest BCUT2D eigenvalue weighted by molar-refractivity contribution is -0.386. The van der Waals surface area contributed by atoms with Gasteiger partial charge in [-0.1, -0.05) is 13.8 Å². The van der Waals surface area contributed by atoms with Crippen LogP contribution in [0.5, 0.6) is 5.75 Å². The first-order chi connectivity index (χ1) is 8.83. The van der Waals surface area contributed by atoms with Gasteiger partial charge in [0.15, 0.2) is 0 Å². The summed E-state index contributed by atoms with van der Waals surface area (Å²) in [5.74, 6) is -0.807. The molecule has 0 heterocycles. The summed E-state index contributed by atoms with van der Waals surface area (Å²) < 4.78 is 18.6. The molecule has 5 nitrogen and oxygen atoms in total. The zero-order valence-electron chi connectivity index (χ0n) is 10.7. The third-order valence-corrected chi connectivity index (χ3v) is 3.58. The van der Waals surface area contributed by atoms with Crippen molar-refractivity contribution >= 4 is 21.6 Å². The van der Waals surface area contributed by atoms with Crippen LogP contribution in [0.1, 0.15) is 26.7 Å². The fraction of sp³-hybridized carbons (Fsp3) is 0.500.